The Morgan fingerprint density at radius 1 is 1.45 bits per heavy atom. The van der Waals surface area contributed by atoms with E-state index < -0.39 is 10.0 Å². The Morgan fingerprint density at radius 2 is 2.15 bits per heavy atom. The summed E-state index contributed by atoms with van der Waals surface area (Å²) >= 11 is 1.72. The third-order valence-corrected chi connectivity index (χ3v) is 5.32. The summed E-state index contributed by atoms with van der Waals surface area (Å²) in [5, 5.41) is 3.20. The van der Waals surface area contributed by atoms with E-state index >= 15 is 0 Å². The third-order valence-electron chi connectivity index (χ3n) is 3.02. The number of aryl methyl sites for hydroxylation is 1. The zero-order valence-corrected chi connectivity index (χ0v) is 14.3. The van der Waals surface area contributed by atoms with Crippen LogP contribution in [-0.2, 0) is 23.6 Å². The van der Waals surface area contributed by atoms with Crippen molar-refractivity contribution in [3.63, 3.8) is 0 Å². The van der Waals surface area contributed by atoms with E-state index in [-0.39, 0.29) is 0 Å². The van der Waals surface area contributed by atoms with Crippen LogP contribution in [-0.4, -0.2) is 38.1 Å². The lowest BCUT2D eigenvalue weighted by Gasteiger charge is -2.10. The number of nitrogens with zero attached hydrogens (tertiary/aromatic N) is 1. The summed E-state index contributed by atoms with van der Waals surface area (Å²) in [6.45, 7) is 6.07. The molecule has 0 bridgehead atoms. The quantitative estimate of drug-likeness (QED) is 0.722. The lowest BCUT2D eigenvalue weighted by atomic mass is 10.2. The minimum absolute atomic E-state index is 0.324. The predicted octanol–water partition coefficient (Wildman–Crippen LogP) is 1.41. The number of hydrogen-bond acceptors (Lipinski definition) is 4. The first-order valence-electron chi connectivity index (χ1n) is 6.75. The molecular weight excluding hydrogens is 294 g/mol. The van der Waals surface area contributed by atoms with Gasteiger partial charge in [-0.15, -0.1) is 0 Å². The van der Waals surface area contributed by atoms with E-state index in [0.29, 0.717) is 23.9 Å². The normalized spacial score (nSPS) is 13.6. The molecule has 0 radical (unpaired) electrons. The topological polar surface area (TPSA) is 63.1 Å². The first-order chi connectivity index (χ1) is 9.40. The van der Waals surface area contributed by atoms with Crippen LogP contribution in [0.5, 0.6) is 0 Å². The molecule has 5 nitrogen and oxygen atoms in total. The Morgan fingerprint density at radius 3 is 2.75 bits per heavy atom. The highest BCUT2D eigenvalue weighted by molar-refractivity contribution is 7.98. The maximum absolute atomic E-state index is 12.2. The Hall–Kier alpha value is -0.500. The van der Waals surface area contributed by atoms with Crippen molar-refractivity contribution < 1.29 is 8.42 Å². The maximum Gasteiger partial charge on any atom is 0.242 e. The molecule has 116 valence electrons. The summed E-state index contributed by atoms with van der Waals surface area (Å²) in [5.74, 6) is 1.27. The van der Waals surface area contributed by atoms with Crippen LogP contribution in [0.1, 0.15) is 19.5 Å². The van der Waals surface area contributed by atoms with Crippen molar-refractivity contribution in [2.75, 3.05) is 25.1 Å². The van der Waals surface area contributed by atoms with E-state index in [4.69, 9.17) is 0 Å². The molecule has 0 fully saturated rings. The molecule has 0 spiro atoms. The highest BCUT2D eigenvalue weighted by Crippen LogP contribution is 2.14. The molecule has 20 heavy (non-hydrogen) atoms. The fourth-order valence-corrected chi connectivity index (χ4v) is 3.78. The van der Waals surface area contributed by atoms with Gasteiger partial charge in [-0.05, 0) is 30.5 Å². The lowest BCUT2D eigenvalue weighted by Crippen LogP contribution is -2.29. The first kappa shape index (κ1) is 17.6. The van der Waals surface area contributed by atoms with Gasteiger partial charge >= 0.3 is 0 Å². The second-order valence-electron chi connectivity index (χ2n) is 4.97. The van der Waals surface area contributed by atoms with E-state index in [1.807, 2.05) is 31.7 Å². The molecule has 7 heteroatoms. The number of rotatable bonds is 9. The van der Waals surface area contributed by atoms with Gasteiger partial charge < -0.3 is 9.88 Å². The summed E-state index contributed by atoms with van der Waals surface area (Å²) in [6.07, 6.45) is 3.68. The van der Waals surface area contributed by atoms with Crippen molar-refractivity contribution in [3.8, 4) is 0 Å². The van der Waals surface area contributed by atoms with Crippen LogP contribution in [0.3, 0.4) is 0 Å². The number of hydrogen-bond donors (Lipinski definition) is 2. The highest BCUT2D eigenvalue weighted by Gasteiger charge is 2.18. The zero-order valence-electron chi connectivity index (χ0n) is 12.6. The summed E-state index contributed by atoms with van der Waals surface area (Å²) < 4.78 is 29.0. The molecule has 0 amide bonds. The van der Waals surface area contributed by atoms with Crippen LogP contribution >= 0.6 is 11.8 Å². The molecule has 0 saturated heterocycles. The molecule has 0 aromatic carbocycles. The maximum atomic E-state index is 12.2. The number of nitrogens with one attached hydrogen (secondary N) is 2. The lowest BCUT2D eigenvalue weighted by molar-refractivity contribution is 0.562. The molecule has 1 unspecified atom stereocenters. The molecule has 0 aliphatic rings. The van der Waals surface area contributed by atoms with Gasteiger partial charge in [0.25, 0.3) is 0 Å². The van der Waals surface area contributed by atoms with Crippen LogP contribution in [0.15, 0.2) is 17.2 Å². The van der Waals surface area contributed by atoms with Crippen LogP contribution in [0.25, 0.3) is 0 Å². The van der Waals surface area contributed by atoms with Crippen molar-refractivity contribution in [1.82, 2.24) is 14.6 Å². The van der Waals surface area contributed by atoms with E-state index in [1.165, 1.54) is 0 Å². The fourth-order valence-electron chi connectivity index (χ4n) is 1.83. The van der Waals surface area contributed by atoms with Gasteiger partial charge in [-0.25, -0.2) is 13.1 Å². The Bertz CT molecular complexity index is 512. The number of thioether (sulfide) groups is 1. The predicted molar refractivity (Wildman–Crippen MR) is 85.5 cm³/mol. The smallest absolute Gasteiger partial charge is 0.242 e. The molecule has 1 aromatic rings. The SMILES string of the molecule is CCNCc1cc(S(=O)(=O)NCC(C)CSC)cn1C. The summed E-state index contributed by atoms with van der Waals surface area (Å²) in [4.78, 5) is 0.337. The van der Waals surface area contributed by atoms with Gasteiger partial charge in [0.15, 0.2) is 0 Å². The molecule has 1 atom stereocenters. The Labute approximate surface area is 126 Å². The van der Waals surface area contributed by atoms with Gasteiger partial charge in [0.05, 0.1) is 4.90 Å². The number of sulfonamides is 1. The van der Waals surface area contributed by atoms with E-state index in [9.17, 15) is 8.42 Å². The second kappa shape index (κ2) is 8.07. The second-order valence-corrected chi connectivity index (χ2v) is 7.65. The van der Waals surface area contributed by atoms with Gasteiger partial charge in [-0.3, -0.25) is 0 Å². The van der Waals surface area contributed by atoms with Crippen molar-refractivity contribution in [2.45, 2.75) is 25.3 Å². The van der Waals surface area contributed by atoms with Gasteiger partial charge in [-0.2, -0.15) is 11.8 Å². The average Bonchev–Trinajstić information content (AvgIpc) is 2.77. The summed E-state index contributed by atoms with van der Waals surface area (Å²) in [7, 11) is -1.55. The summed E-state index contributed by atoms with van der Waals surface area (Å²) in [6, 6.07) is 1.73. The van der Waals surface area contributed by atoms with E-state index in [0.717, 1.165) is 18.0 Å². The molecule has 1 aromatic heterocycles. The molecule has 0 aliphatic carbocycles. The van der Waals surface area contributed by atoms with E-state index in [2.05, 4.69) is 10.0 Å². The molecular formula is C13H25N3O2S2. The monoisotopic (exact) mass is 319 g/mol. The largest absolute Gasteiger partial charge is 0.352 e. The fraction of sp³-hybridized carbons (Fsp3) is 0.692. The van der Waals surface area contributed by atoms with Gasteiger partial charge in [0.2, 0.25) is 10.0 Å². The molecule has 2 N–H and O–H groups in total. The minimum Gasteiger partial charge on any atom is -0.352 e. The van der Waals surface area contributed by atoms with Crippen molar-refractivity contribution in [3.05, 3.63) is 18.0 Å². The van der Waals surface area contributed by atoms with Crippen molar-refractivity contribution in [2.24, 2.45) is 13.0 Å². The summed E-state index contributed by atoms with van der Waals surface area (Å²) in [5.41, 5.74) is 0.962. The van der Waals surface area contributed by atoms with Crippen LogP contribution < -0.4 is 10.0 Å². The van der Waals surface area contributed by atoms with Crippen molar-refractivity contribution >= 4 is 21.8 Å². The Kier molecular flexibility index (Phi) is 7.08. The van der Waals surface area contributed by atoms with Crippen molar-refractivity contribution in [1.29, 1.82) is 0 Å². The molecule has 0 aliphatic heterocycles. The van der Waals surface area contributed by atoms with Crippen LogP contribution in [0.4, 0.5) is 0 Å². The number of aromatic nitrogens is 1. The molecule has 0 saturated carbocycles. The average molecular weight is 319 g/mol. The van der Waals surface area contributed by atoms with E-state index in [1.54, 1.807) is 24.0 Å². The van der Waals surface area contributed by atoms with Gasteiger partial charge in [-0.1, -0.05) is 13.8 Å². The molecule has 1 heterocycles. The Balaban J connectivity index is 2.72. The van der Waals surface area contributed by atoms with Crippen LogP contribution in [0.2, 0.25) is 0 Å². The van der Waals surface area contributed by atoms with Gasteiger partial charge in [0.1, 0.15) is 0 Å². The van der Waals surface area contributed by atoms with Crippen LogP contribution in [0, 0.1) is 5.92 Å². The standard InChI is InChI=1S/C13H25N3O2S2/c1-5-14-8-12-6-13(9-16(12)3)20(17,18)15-7-11(2)10-19-4/h6,9,11,14-15H,5,7-8,10H2,1-4H3. The first-order valence-corrected chi connectivity index (χ1v) is 9.63. The molecule has 1 rings (SSSR count). The van der Waals surface area contributed by atoms with Gasteiger partial charge in [0, 0.05) is 32.0 Å². The minimum atomic E-state index is -3.41. The highest BCUT2D eigenvalue weighted by atomic mass is 32.2. The zero-order chi connectivity index (χ0) is 15.2. The third kappa shape index (κ3) is 5.12.